The lowest BCUT2D eigenvalue weighted by Gasteiger charge is -2.32. The van der Waals surface area contributed by atoms with Crippen LogP contribution in [0.2, 0.25) is 5.02 Å². The highest BCUT2D eigenvalue weighted by atomic mass is 35.5. The fourth-order valence-electron chi connectivity index (χ4n) is 2.85. The summed E-state index contributed by atoms with van der Waals surface area (Å²) in [5, 5.41) is 9.87. The van der Waals surface area contributed by atoms with E-state index in [0.717, 1.165) is 24.0 Å². The fraction of sp³-hybridized carbons (Fsp3) is 0.316. The highest BCUT2D eigenvalue weighted by molar-refractivity contribution is 6.31. The zero-order chi connectivity index (χ0) is 18.7. The van der Waals surface area contributed by atoms with Gasteiger partial charge in [0, 0.05) is 34.7 Å². The minimum atomic E-state index is -1.19. The molecule has 26 heavy (non-hydrogen) atoms. The van der Waals surface area contributed by atoms with Gasteiger partial charge in [-0.15, -0.1) is 0 Å². The Morgan fingerprint density at radius 3 is 2.77 bits per heavy atom. The average Bonchev–Trinajstić information content (AvgIpc) is 2.57. The molecule has 0 atom stereocenters. The molecule has 0 radical (unpaired) electrons. The quantitative estimate of drug-likeness (QED) is 0.619. The Bertz CT molecular complexity index is 899. The number of halogens is 1. The van der Waals surface area contributed by atoms with E-state index in [1.807, 2.05) is 18.2 Å². The third kappa shape index (κ3) is 3.89. The molecule has 1 aromatic carbocycles. The van der Waals surface area contributed by atoms with E-state index in [4.69, 9.17) is 22.1 Å². The second kappa shape index (κ2) is 7.63. The van der Waals surface area contributed by atoms with Crippen LogP contribution in [0, 0.1) is 24.8 Å². The lowest BCUT2D eigenvalue weighted by molar-refractivity contribution is 0.0667. The van der Waals surface area contributed by atoms with Crippen molar-refractivity contribution in [3.63, 3.8) is 0 Å². The number of benzene rings is 1. The first-order valence-corrected chi connectivity index (χ1v) is 8.57. The van der Waals surface area contributed by atoms with E-state index >= 15 is 0 Å². The minimum absolute atomic E-state index is 0.0678. The van der Waals surface area contributed by atoms with Crippen LogP contribution in [-0.4, -0.2) is 27.1 Å². The molecule has 7 heteroatoms. The summed E-state index contributed by atoms with van der Waals surface area (Å²) in [7, 11) is 0. The van der Waals surface area contributed by atoms with Crippen LogP contribution >= 0.6 is 11.6 Å². The zero-order valence-corrected chi connectivity index (χ0v) is 15.0. The third-order valence-electron chi connectivity index (χ3n) is 4.35. The molecule has 134 valence electrons. The molecule has 2 aromatic rings. The molecule has 1 heterocycles. The standard InChI is InChI=1S/C19H18ClN3O3/c1-11-15(10-13-4-2-3-5-16(13)20)18(23-17(22-11)19(24)25)26-14-8-12(9-14)6-7-21/h2-5,12,14H,8-10,21H2,1H3,(H,24,25). The number of aromatic nitrogens is 2. The lowest BCUT2D eigenvalue weighted by Crippen LogP contribution is -2.34. The molecular formula is C19H18ClN3O3. The summed E-state index contributed by atoms with van der Waals surface area (Å²) in [4.78, 5) is 19.5. The maximum atomic E-state index is 11.3. The smallest absolute Gasteiger partial charge is 0.374 e. The van der Waals surface area contributed by atoms with Gasteiger partial charge in [-0.1, -0.05) is 35.7 Å². The summed E-state index contributed by atoms with van der Waals surface area (Å²) in [5.74, 6) is 1.93. The molecule has 0 bridgehead atoms. The van der Waals surface area contributed by atoms with Crippen LogP contribution in [0.25, 0.3) is 0 Å². The number of rotatable bonds is 5. The Morgan fingerprint density at radius 1 is 1.38 bits per heavy atom. The monoisotopic (exact) mass is 371 g/mol. The number of hydrogen-bond acceptors (Lipinski definition) is 5. The predicted octanol–water partition coefficient (Wildman–Crippen LogP) is 2.80. The molecule has 6 nitrogen and oxygen atoms in total. The van der Waals surface area contributed by atoms with Gasteiger partial charge < -0.3 is 15.6 Å². The van der Waals surface area contributed by atoms with E-state index in [9.17, 15) is 9.90 Å². The van der Waals surface area contributed by atoms with Gasteiger partial charge in [-0.25, -0.2) is 9.78 Å². The maximum absolute atomic E-state index is 11.3. The Labute approximate surface area is 156 Å². The molecule has 1 aromatic heterocycles. The third-order valence-corrected chi connectivity index (χ3v) is 4.72. The van der Waals surface area contributed by atoms with E-state index in [-0.39, 0.29) is 17.8 Å². The van der Waals surface area contributed by atoms with Gasteiger partial charge >= 0.3 is 5.97 Å². The van der Waals surface area contributed by atoms with Crippen LogP contribution in [0.4, 0.5) is 0 Å². The first-order valence-electron chi connectivity index (χ1n) is 8.20. The van der Waals surface area contributed by atoms with Gasteiger partial charge in [0.2, 0.25) is 11.7 Å². The minimum Gasteiger partial charge on any atom is -0.475 e. The predicted molar refractivity (Wildman–Crippen MR) is 97.1 cm³/mol. The van der Waals surface area contributed by atoms with E-state index in [1.165, 1.54) is 0 Å². The molecule has 0 spiro atoms. The van der Waals surface area contributed by atoms with Crippen LogP contribution in [-0.2, 0) is 6.42 Å². The number of carboxylic acids is 1. The van der Waals surface area contributed by atoms with Crippen LogP contribution < -0.4 is 10.5 Å². The van der Waals surface area contributed by atoms with Crippen molar-refractivity contribution in [2.24, 2.45) is 11.7 Å². The van der Waals surface area contributed by atoms with Crippen LogP contribution in [0.15, 0.2) is 24.3 Å². The largest absolute Gasteiger partial charge is 0.475 e. The maximum Gasteiger partial charge on any atom is 0.374 e. The molecule has 1 aliphatic carbocycles. The summed E-state index contributed by atoms with van der Waals surface area (Å²) < 4.78 is 5.98. The average molecular weight is 372 g/mol. The second-order valence-electron chi connectivity index (χ2n) is 6.19. The zero-order valence-electron chi connectivity index (χ0n) is 14.2. The van der Waals surface area contributed by atoms with Gasteiger partial charge in [-0.2, -0.15) is 4.98 Å². The van der Waals surface area contributed by atoms with Crippen LogP contribution in [0.3, 0.4) is 0 Å². The number of nitrogens with two attached hydrogens (primary N) is 1. The molecule has 1 fully saturated rings. The molecule has 1 saturated carbocycles. The summed E-state index contributed by atoms with van der Waals surface area (Å²) in [5.41, 5.74) is 7.42. The highest BCUT2D eigenvalue weighted by Gasteiger charge is 2.31. The Kier molecular flexibility index (Phi) is 5.29. The topological polar surface area (TPSA) is 98.3 Å². The number of aryl methyl sites for hydroxylation is 1. The Hall–Kier alpha value is -2.78. The van der Waals surface area contributed by atoms with E-state index < -0.39 is 5.97 Å². The molecular weight excluding hydrogens is 354 g/mol. The van der Waals surface area contributed by atoms with Crippen molar-refractivity contribution in [3.8, 4) is 17.8 Å². The number of nitrogens with zero attached hydrogens (tertiary/aromatic N) is 2. The van der Waals surface area contributed by atoms with E-state index in [0.29, 0.717) is 23.0 Å². The van der Waals surface area contributed by atoms with Gasteiger partial charge in [-0.05, 0) is 31.4 Å². The lowest BCUT2D eigenvalue weighted by atomic mass is 9.83. The molecule has 0 saturated heterocycles. The number of ether oxygens (including phenoxy) is 1. The molecule has 3 rings (SSSR count). The number of aromatic carboxylic acids is 1. The fourth-order valence-corrected chi connectivity index (χ4v) is 3.06. The van der Waals surface area contributed by atoms with Crippen molar-refractivity contribution in [2.75, 3.05) is 0 Å². The van der Waals surface area contributed by atoms with Gasteiger partial charge in [0.25, 0.3) is 0 Å². The SMILES string of the molecule is Cc1nc(C(=O)O)nc(OC2CC(C#CN)C2)c1Cc1ccccc1Cl. The highest BCUT2D eigenvalue weighted by Crippen LogP contribution is 2.33. The Balaban J connectivity index is 1.90. The van der Waals surface area contributed by atoms with E-state index in [1.54, 1.807) is 13.0 Å². The van der Waals surface area contributed by atoms with Crippen molar-refractivity contribution in [1.82, 2.24) is 9.97 Å². The van der Waals surface area contributed by atoms with E-state index in [2.05, 4.69) is 21.9 Å². The molecule has 0 unspecified atom stereocenters. The number of hydrogen-bond donors (Lipinski definition) is 2. The van der Waals surface area contributed by atoms with Gasteiger partial charge in [-0.3, -0.25) is 0 Å². The molecule has 1 aliphatic rings. The van der Waals surface area contributed by atoms with Crippen LogP contribution in [0.5, 0.6) is 5.88 Å². The Morgan fingerprint density at radius 2 is 2.12 bits per heavy atom. The first-order chi connectivity index (χ1) is 12.5. The first kappa shape index (κ1) is 18.0. The van der Waals surface area contributed by atoms with Crippen LogP contribution in [0.1, 0.15) is 40.3 Å². The van der Waals surface area contributed by atoms with Crippen molar-refractivity contribution < 1.29 is 14.6 Å². The summed E-state index contributed by atoms with van der Waals surface area (Å²) in [6, 6.07) is 9.88. The molecule has 3 N–H and O–H groups in total. The van der Waals surface area contributed by atoms with Gasteiger partial charge in [0.1, 0.15) is 6.10 Å². The van der Waals surface area contributed by atoms with Crippen molar-refractivity contribution in [2.45, 2.75) is 32.3 Å². The molecule has 0 amide bonds. The normalized spacial score (nSPS) is 18.4. The number of carbonyl (C=O) groups is 1. The summed E-state index contributed by atoms with van der Waals surface area (Å²) in [6.07, 6.45) is 1.86. The van der Waals surface area contributed by atoms with Gasteiger partial charge in [0.05, 0.1) is 0 Å². The summed E-state index contributed by atoms with van der Waals surface area (Å²) in [6.45, 7) is 1.75. The number of carboxylic acid groups (broad SMARTS) is 1. The van der Waals surface area contributed by atoms with Gasteiger partial charge in [0.15, 0.2) is 0 Å². The van der Waals surface area contributed by atoms with Crippen molar-refractivity contribution in [3.05, 3.63) is 51.9 Å². The van der Waals surface area contributed by atoms with Crippen molar-refractivity contribution in [1.29, 1.82) is 0 Å². The molecule has 0 aliphatic heterocycles. The second-order valence-corrected chi connectivity index (χ2v) is 6.59. The summed E-state index contributed by atoms with van der Waals surface area (Å²) >= 11 is 6.26. The van der Waals surface area contributed by atoms with Crippen molar-refractivity contribution >= 4 is 17.6 Å².